The van der Waals surface area contributed by atoms with Gasteiger partial charge in [0.2, 0.25) is 0 Å². The second-order valence-electron chi connectivity index (χ2n) is 6.57. The van der Waals surface area contributed by atoms with Gasteiger partial charge in [0.15, 0.2) is 0 Å². The normalized spacial score (nSPS) is 11.9. The molecule has 6 nitrogen and oxygen atoms in total. The van der Waals surface area contributed by atoms with Crippen molar-refractivity contribution in [2.75, 3.05) is 7.11 Å². The summed E-state index contributed by atoms with van der Waals surface area (Å²) in [6, 6.07) is 11.5. The summed E-state index contributed by atoms with van der Waals surface area (Å²) in [6.45, 7) is 5.23. The zero-order chi connectivity index (χ0) is 19.8. The van der Waals surface area contributed by atoms with Crippen LogP contribution in [0.4, 0.5) is 0 Å². The van der Waals surface area contributed by atoms with E-state index in [4.69, 9.17) is 18.4 Å². The van der Waals surface area contributed by atoms with E-state index >= 15 is 0 Å². The van der Waals surface area contributed by atoms with E-state index in [0.717, 1.165) is 44.4 Å². The number of aryl methyl sites for hydroxylation is 2. The van der Waals surface area contributed by atoms with E-state index in [1.807, 2.05) is 38.1 Å². The van der Waals surface area contributed by atoms with Crippen molar-refractivity contribution in [1.29, 1.82) is 0 Å². The Morgan fingerprint density at radius 1 is 1.04 bits per heavy atom. The van der Waals surface area contributed by atoms with Crippen molar-refractivity contribution in [3.05, 3.63) is 59.3 Å². The number of hydrogen-bond donors (Lipinski definition) is 0. The lowest BCUT2D eigenvalue weighted by Gasteiger charge is -2.10. The first-order valence-electron chi connectivity index (χ1n) is 8.79. The number of benzene rings is 2. The van der Waals surface area contributed by atoms with Gasteiger partial charge in [0, 0.05) is 29.3 Å². The monoisotopic (exact) mass is 377 g/mol. The fourth-order valence-corrected chi connectivity index (χ4v) is 3.27. The van der Waals surface area contributed by atoms with Gasteiger partial charge >= 0.3 is 5.97 Å². The van der Waals surface area contributed by atoms with E-state index in [1.54, 1.807) is 19.4 Å². The van der Waals surface area contributed by atoms with E-state index in [0.29, 0.717) is 5.58 Å². The highest BCUT2D eigenvalue weighted by Crippen LogP contribution is 2.35. The van der Waals surface area contributed by atoms with Crippen LogP contribution in [0.5, 0.6) is 5.75 Å². The molecule has 0 spiro atoms. The summed E-state index contributed by atoms with van der Waals surface area (Å²) in [5.74, 6) is 0.248. The van der Waals surface area contributed by atoms with Crippen LogP contribution in [-0.4, -0.2) is 13.1 Å². The van der Waals surface area contributed by atoms with E-state index in [9.17, 15) is 4.79 Å². The van der Waals surface area contributed by atoms with Crippen LogP contribution in [0.15, 0.2) is 56.7 Å². The molecular formula is C22H19NO5. The zero-order valence-electron chi connectivity index (χ0n) is 16.0. The number of carbonyl (C=O) groups is 1. The van der Waals surface area contributed by atoms with Gasteiger partial charge in [-0.3, -0.25) is 0 Å². The summed E-state index contributed by atoms with van der Waals surface area (Å²) in [6.07, 6.45) is 1.73. The quantitative estimate of drug-likeness (QED) is 0.377. The number of furan rings is 1. The Labute approximate surface area is 161 Å². The summed E-state index contributed by atoms with van der Waals surface area (Å²) in [7, 11) is 1.63. The molecule has 0 unspecified atom stereocenters. The Balaban J connectivity index is 2.07. The molecule has 0 saturated carbocycles. The van der Waals surface area contributed by atoms with Crippen molar-refractivity contribution in [2.24, 2.45) is 5.16 Å². The van der Waals surface area contributed by atoms with Gasteiger partial charge in [0.25, 0.3) is 5.55 Å². The third-order valence-electron chi connectivity index (χ3n) is 4.67. The molecule has 0 aliphatic heterocycles. The molecule has 0 amide bonds. The number of methoxy groups -OCH3 is 1. The van der Waals surface area contributed by atoms with Gasteiger partial charge in [0.05, 0.1) is 13.4 Å². The van der Waals surface area contributed by atoms with Gasteiger partial charge in [0.1, 0.15) is 16.9 Å². The van der Waals surface area contributed by atoms with Crippen LogP contribution in [0.1, 0.15) is 18.1 Å². The second-order valence-corrected chi connectivity index (χ2v) is 6.57. The molecule has 0 bridgehead atoms. The Morgan fingerprint density at radius 3 is 2.46 bits per heavy atom. The first-order valence-corrected chi connectivity index (χ1v) is 8.79. The van der Waals surface area contributed by atoms with Gasteiger partial charge in [-0.15, -0.1) is 0 Å². The lowest BCUT2D eigenvalue weighted by molar-refractivity contribution is -0.141. The number of fused-ring (bicyclic) bond motifs is 2. The SMILES string of the molecule is COc1ccc(-c2c/c(=N/OC(C)=O)oc3c(C)c4occ(C)c4cc23)cc1. The Kier molecular flexibility index (Phi) is 4.39. The van der Waals surface area contributed by atoms with Crippen LogP contribution in [0.3, 0.4) is 0 Å². The van der Waals surface area contributed by atoms with Crippen molar-refractivity contribution in [2.45, 2.75) is 20.8 Å². The van der Waals surface area contributed by atoms with E-state index in [-0.39, 0.29) is 5.55 Å². The summed E-state index contributed by atoms with van der Waals surface area (Å²) >= 11 is 0. The van der Waals surface area contributed by atoms with Gasteiger partial charge in [-0.05, 0) is 53.9 Å². The average molecular weight is 377 g/mol. The van der Waals surface area contributed by atoms with Gasteiger partial charge in [-0.25, -0.2) is 4.79 Å². The molecule has 4 rings (SSSR count). The molecule has 28 heavy (non-hydrogen) atoms. The lowest BCUT2D eigenvalue weighted by Crippen LogP contribution is -2.05. The molecular weight excluding hydrogens is 358 g/mol. The number of hydrogen-bond acceptors (Lipinski definition) is 6. The fraction of sp³-hybridized carbons (Fsp3) is 0.182. The Hall–Kier alpha value is -3.54. The summed E-state index contributed by atoms with van der Waals surface area (Å²) < 4.78 is 16.9. The van der Waals surface area contributed by atoms with E-state index in [1.165, 1.54) is 6.92 Å². The summed E-state index contributed by atoms with van der Waals surface area (Å²) in [5, 5.41) is 5.78. The summed E-state index contributed by atoms with van der Waals surface area (Å²) in [4.78, 5) is 15.9. The predicted octanol–water partition coefficient (Wildman–Crippen LogP) is 4.85. The topological polar surface area (TPSA) is 74.2 Å². The minimum Gasteiger partial charge on any atom is -0.497 e. The molecule has 6 heteroatoms. The molecule has 2 aromatic heterocycles. The van der Waals surface area contributed by atoms with Crippen molar-refractivity contribution < 1.29 is 23.2 Å². The average Bonchev–Trinajstić information content (AvgIpc) is 3.07. The minimum atomic E-state index is -0.518. The van der Waals surface area contributed by atoms with E-state index in [2.05, 4.69) is 11.2 Å². The van der Waals surface area contributed by atoms with Crippen LogP contribution in [-0.2, 0) is 9.63 Å². The molecule has 0 N–H and O–H groups in total. The maximum absolute atomic E-state index is 11.2. The number of rotatable bonds is 3. The lowest BCUT2D eigenvalue weighted by atomic mass is 9.98. The zero-order valence-corrected chi connectivity index (χ0v) is 16.0. The number of ether oxygens (including phenoxy) is 1. The smallest absolute Gasteiger partial charge is 0.332 e. The first kappa shape index (κ1) is 17.9. The van der Waals surface area contributed by atoms with Gasteiger partial charge in [-0.2, -0.15) is 0 Å². The maximum atomic E-state index is 11.2. The highest BCUT2D eigenvalue weighted by atomic mass is 16.7. The third-order valence-corrected chi connectivity index (χ3v) is 4.67. The van der Waals surface area contributed by atoms with Gasteiger partial charge in [-0.1, -0.05) is 12.1 Å². The van der Waals surface area contributed by atoms with Crippen molar-refractivity contribution in [1.82, 2.24) is 0 Å². The maximum Gasteiger partial charge on any atom is 0.332 e. The minimum absolute atomic E-state index is 0.194. The molecule has 4 aromatic rings. The van der Waals surface area contributed by atoms with Crippen LogP contribution < -0.4 is 10.3 Å². The highest BCUT2D eigenvalue weighted by Gasteiger charge is 2.16. The standard InChI is InChI=1S/C22H19NO5/c1-12-11-26-21-13(2)22-19(9-17(12)21)18(10-20(27-22)23-28-14(3)24)15-5-7-16(25-4)8-6-15/h5-11H,1-4H3/b23-20-. The van der Waals surface area contributed by atoms with Crippen LogP contribution in [0.2, 0.25) is 0 Å². The Bertz CT molecular complexity index is 1260. The summed E-state index contributed by atoms with van der Waals surface area (Å²) in [5.41, 5.74) is 5.35. The molecule has 0 radical (unpaired) electrons. The van der Waals surface area contributed by atoms with Crippen LogP contribution >= 0.6 is 0 Å². The molecule has 2 aromatic carbocycles. The van der Waals surface area contributed by atoms with Crippen molar-refractivity contribution in [3.63, 3.8) is 0 Å². The third kappa shape index (κ3) is 3.03. The van der Waals surface area contributed by atoms with Crippen LogP contribution in [0, 0.1) is 13.8 Å². The molecule has 0 fully saturated rings. The van der Waals surface area contributed by atoms with E-state index < -0.39 is 5.97 Å². The molecule has 0 atom stereocenters. The number of carbonyl (C=O) groups excluding carboxylic acids is 1. The predicted molar refractivity (Wildman–Crippen MR) is 105 cm³/mol. The molecule has 142 valence electrons. The molecule has 2 heterocycles. The van der Waals surface area contributed by atoms with Crippen molar-refractivity contribution >= 4 is 27.9 Å². The largest absolute Gasteiger partial charge is 0.497 e. The second kappa shape index (κ2) is 6.88. The van der Waals surface area contributed by atoms with Crippen LogP contribution in [0.25, 0.3) is 33.1 Å². The Morgan fingerprint density at radius 2 is 1.79 bits per heavy atom. The molecule has 0 aliphatic carbocycles. The molecule has 0 saturated heterocycles. The fourth-order valence-electron chi connectivity index (χ4n) is 3.27. The van der Waals surface area contributed by atoms with Gasteiger partial charge < -0.3 is 18.4 Å². The van der Waals surface area contributed by atoms with Crippen molar-refractivity contribution in [3.8, 4) is 16.9 Å². The first-order chi connectivity index (χ1) is 13.5. The molecule has 0 aliphatic rings. The highest BCUT2D eigenvalue weighted by molar-refractivity contribution is 6.04. The number of nitrogens with zero attached hydrogens (tertiary/aromatic N) is 1.